The molecule has 9 nitrogen and oxygen atoms in total. The van der Waals surface area contributed by atoms with Crippen LogP contribution in [0, 0.1) is 11.8 Å². The van der Waals surface area contributed by atoms with Crippen molar-refractivity contribution in [3.8, 4) is 11.8 Å². The lowest BCUT2D eigenvalue weighted by molar-refractivity contribution is -0.0511. The zero-order valence-electron chi connectivity index (χ0n) is 12.4. The van der Waals surface area contributed by atoms with Crippen LogP contribution in [0.5, 0.6) is 0 Å². The molecule has 0 bridgehead atoms. The lowest BCUT2D eigenvalue weighted by Crippen LogP contribution is -2.33. The van der Waals surface area contributed by atoms with Crippen LogP contribution in [-0.4, -0.2) is 59.8 Å². The molecule has 2 unspecified atom stereocenters. The largest absolute Gasteiger partial charge is 0.394 e. The van der Waals surface area contributed by atoms with Crippen molar-refractivity contribution < 1.29 is 20.1 Å². The Balaban J connectivity index is 2.04. The van der Waals surface area contributed by atoms with E-state index in [-0.39, 0.29) is 5.82 Å². The van der Waals surface area contributed by atoms with E-state index < -0.39 is 31.1 Å². The van der Waals surface area contributed by atoms with Gasteiger partial charge in [0.25, 0.3) is 0 Å². The first kappa shape index (κ1) is 15.6. The number of rotatable bonds is 3. The monoisotopic (exact) mass is 319 g/mol. The van der Waals surface area contributed by atoms with E-state index in [2.05, 4.69) is 26.8 Å². The highest BCUT2D eigenvalue weighted by molar-refractivity contribution is 5.81. The number of anilines is 1. The standard InChI is InChI=1S/C14H17N5O4/c1-2-3-4-8-17-12(15)9-13(18-8)19(6-16-9)14-11(22)10(21)7(5-20)23-14/h6-7,10-11,14,20-22H,4-5H2,1H3,(H2,15,17,18)/t7-,10?,11?,14-/m1/s1. The number of nitrogens with zero attached hydrogens (tertiary/aromatic N) is 4. The number of hydrogen-bond acceptors (Lipinski definition) is 8. The molecule has 1 saturated heterocycles. The van der Waals surface area contributed by atoms with Gasteiger partial charge in [-0.3, -0.25) is 4.57 Å². The molecular weight excluding hydrogens is 302 g/mol. The first-order valence-electron chi connectivity index (χ1n) is 7.07. The maximum Gasteiger partial charge on any atom is 0.168 e. The van der Waals surface area contributed by atoms with Gasteiger partial charge in [0.1, 0.15) is 29.7 Å². The summed E-state index contributed by atoms with van der Waals surface area (Å²) < 4.78 is 6.96. The fourth-order valence-electron chi connectivity index (χ4n) is 2.53. The van der Waals surface area contributed by atoms with Gasteiger partial charge in [-0.15, -0.1) is 5.92 Å². The number of aromatic nitrogens is 4. The van der Waals surface area contributed by atoms with E-state index in [1.54, 1.807) is 6.92 Å². The number of imidazole rings is 1. The Morgan fingerprint density at radius 2 is 2.13 bits per heavy atom. The van der Waals surface area contributed by atoms with Gasteiger partial charge in [0.2, 0.25) is 0 Å². The molecule has 0 saturated carbocycles. The number of aliphatic hydroxyl groups excluding tert-OH is 3. The summed E-state index contributed by atoms with van der Waals surface area (Å²) in [6.45, 7) is 1.31. The SMILES string of the molecule is CC#CCc1nc(N)c2ncn([C@@H]3O[C@H](CO)C(O)C3O)c2n1. The third-order valence-corrected chi connectivity index (χ3v) is 3.71. The minimum absolute atomic E-state index is 0.202. The van der Waals surface area contributed by atoms with Crippen molar-refractivity contribution >= 4 is 17.0 Å². The quantitative estimate of drug-likeness (QED) is 0.506. The number of ether oxygens (including phenoxy) is 1. The summed E-state index contributed by atoms with van der Waals surface area (Å²) in [6, 6.07) is 0. The van der Waals surface area contributed by atoms with Gasteiger partial charge in [0.15, 0.2) is 17.7 Å². The van der Waals surface area contributed by atoms with Gasteiger partial charge in [-0.05, 0) is 6.92 Å². The first-order valence-corrected chi connectivity index (χ1v) is 7.07. The van der Waals surface area contributed by atoms with E-state index in [1.807, 2.05) is 0 Å². The van der Waals surface area contributed by atoms with Gasteiger partial charge in [-0.25, -0.2) is 15.0 Å². The number of nitrogens with two attached hydrogens (primary N) is 1. The lowest BCUT2D eigenvalue weighted by atomic mass is 10.1. The van der Waals surface area contributed by atoms with Crippen LogP contribution in [-0.2, 0) is 11.2 Å². The molecule has 0 aliphatic carbocycles. The van der Waals surface area contributed by atoms with E-state index in [9.17, 15) is 15.3 Å². The van der Waals surface area contributed by atoms with Crippen LogP contribution in [0.1, 0.15) is 19.0 Å². The van der Waals surface area contributed by atoms with Crippen molar-refractivity contribution in [2.75, 3.05) is 12.3 Å². The number of nitrogen functional groups attached to an aromatic ring is 1. The van der Waals surface area contributed by atoms with Crippen LogP contribution in [0.25, 0.3) is 11.2 Å². The molecule has 0 aromatic carbocycles. The zero-order valence-corrected chi connectivity index (χ0v) is 12.4. The van der Waals surface area contributed by atoms with E-state index in [4.69, 9.17) is 10.5 Å². The van der Waals surface area contributed by atoms with Crippen LogP contribution in [0.4, 0.5) is 5.82 Å². The van der Waals surface area contributed by atoms with E-state index in [0.717, 1.165) is 0 Å². The Kier molecular flexibility index (Phi) is 4.14. The topological polar surface area (TPSA) is 140 Å². The first-order chi connectivity index (χ1) is 11.1. The van der Waals surface area contributed by atoms with Crippen molar-refractivity contribution in [2.24, 2.45) is 0 Å². The average molecular weight is 319 g/mol. The predicted molar refractivity (Wildman–Crippen MR) is 79.9 cm³/mol. The summed E-state index contributed by atoms with van der Waals surface area (Å²) in [5, 5.41) is 29.2. The van der Waals surface area contributed by atoms with Gasteiger partial charge < -0.3 is 25.8 Å². The van der Waals surface area contributed by atoms with E-state index in [0.29, 0.717) is 23.4 Å². The molecule has 1 aliphatic heterocycles. The molecule has 23 heavy (non-hydrogen) atoms. The highest BCUT2D eigenvalue weighted by atomic mass is 16.6. The van der Waals surface area contributed by atoms with Crippen molar-refractivity contribution in [3.05, 3.63) is 12.2 Å². The molecule has 5 N–H and O–H groups in total. The maximum absolute atomic E-state index is 10.1. The van der Waals surface area contributed by atoms with Gasteiger partial charge in [0.05, 0.1) is 19.4 Å². The number of aliphatic hydroxyl groups is 3. The molecule has 122 valence electrons. The number of fused-ring (bicyclic) bond motifs is 1. The summed E-state index contributed by atoms with van der Waals surface area (Å²) in [6.07, 6.45) is -2.49. The van der Waals surface area contributed by atoms with Gasteiger partial charge in [-0.2, -0.15) is 0 Å². The molecule has 0 amide bonds. The molecule has 2 aromatic rings. The van der Waals surface area contributed by atoms with Gasteiger partial charge >= 0.3 is 0 Å². The molecule has 1 fully saturated rings. The third-order valence-electron chi connectivity index (χ3n) is 3.71. The van der Waals surface area contributed by atoms with Gasteiger partial charge in [0, 0.05) is 0 Å². The van der Waals surface area contributed by atoms with Crippen LogP contribution < -0.4 is 5.73 Å². The Morgan fingerprint density at radius 3 is 2.78 bits per heavy atom. The van der Waals surface area contributed by atoms with Crippen LogP contribution >= 0.6 is 0 Å². The van der Waals surface area contributed by atoms with Crippen molar-refractivity contribution in [3.63, 3.8) is 0 Å². The summed E-state index contributed by atoms with van der Waals surface area (Å²) in [7, 11) is 0. The smallest absolute Gasteiger partial charge is 0.168 e. The van der Waals surface area contributed by atoms with Crippen molar-refractivity contribution in [2.45, 2.75) is 37.9 Å². The maximum atomic E-state index is 10.1. The van der Waals surface area contributed by atoms with Gasteiger partial charge in [-0.1, -0.05) is 5.92 Å². The summed E-state index contributed by atoms with van der Waals surface area (Å²) in [5.41, 5.74) is 6.63. The highest BCUT2D eigenvalue weighted by Crippen LogP contribution is 2.31. The highest BCUT2D eigenvalue weighted by Gasteiger charge is 2.44. The fraction of sp³-hybridized carbons (Fsp3) is 0.500. The second-order valence-electron chi connectivity index (χ2n) is 5.18. The minimum Gasteiger partial charge on any atom is -0.394 e. The molecule has 1 aliphatic rings. The van der Waals surface area contributed by atoms with Crippen LogP contribution in [0.3, 0.4) is 0 Å². The molecule has 0 radical (unpaired) electrons. The van der Waals surface area contributed by atoms with E-state index in [1.165, 1.54) is 10.9 Å². The third kappa shape index (κ3) is 2.62. The lowest BCUT2D eigenvalue weighted by Gasteiger charge is -2.16. The molecule has 0 spiro atoms. The second-order valence-corrected chi connectivity index (χ2v) is 5.18. The molecular formula is C14H17N5O4. The Morgan fingerprint density at radius 1 is 1.35 bits per heavy atom. The Hall–Kier alpha value is -2.25. The van der Waals surface area contributed by atoms with Crippen LogP contribution in [0.2, 0.25) is 0 Å². The average Bonchev–Trinajstić information content (AvgIpc) is 3.08. The molecule has 3 heterocycles. The van der Waals surface area contributed by atoms with Crippen molar-refractivity contribution in [1.29, 1.82) is 0 Å². The summed E-state index contributed by atoms with van der Waals surface area (Å²) >= 11 is 0. The normalized spacial score (nSPS) is 27.1. The van der Waals surface area contributed by atoms with Crippen LogP contribution in [0.15, 0.2) is 6.33 Å². The molecule has 2 aromatic heterocycles. The van der Waals surface area contributed by atoms with Crippen molar-refractivity contribution in [1.82, 2.24) is 19.5 Å². The second kappa shape index (κ2) is 6.10. The number of hydrogen-bond donors (Lipinski definition) is 4. The molecule has 3 rings (SSSR count). The molecule has 9 heteroatoms. The zero-order chi connectivity index (χ0) is 16.6. The molecule has 4 atom stereocenters. The summed E-state index contributed by atoms with van der Waals surface area (Å²) in [4.78, 5) is 12.6. The predicted octanol–water partition coefficient (Wildman–Crippen LogP) is -1.41. The Bertz CT molecular complexity index is 781. The minimum atomic E-state index is -1.22. The van der Waals surface area contributed by atoms with E-state index >= 15 is 0 Å². The summed E-state index contributed by atoms with van der Waals surface area (Å²) in [5.74, 6) is 6.24. The Labute approximate surface area is 131 Å². The fourth-order valence-corrected chi connectivity index (χ4v) is 2.53.